The van der Waals surface area contributed by atoms with E-state index in [1.807, 2.05) is 10.7 Å². The summed E-state index contributed by atoms with van der Waals surface area (Å²) in [4.78, 5) is 7.83. The topological polar surface area (TPSA) is 91.5 Å². The Kier molecular flexibility index (Phi) is 4.17. The molecule has 0 spiro atoms. The number of anilines is 3. The highest BCUT2D eigenvalue weighted by Crippen LogP contribution is 2.48. The number of nitrogens with one attached hydrogen (secondary N) is 2. The lowest BCUT2D eigenvalue weighted by atomic mass is 10.2. The number of hydrogen-bond donors (Lipinski definition) is 2. The van der Waals surface area contributed by atoms with Crippen molar-refractivity contribution < 1.29 is 13.2 Å². The zero-order chi connectivity index (χ0) is 19.2. The summed E-state index contributed by atoms with van der Waals surface area (Å²) in [6.45, 7) is 2.01. The van der Waals surface area contributed by atoms with Crippen molar-refractivity contribution in [3.63, 3.8) is 0 Å². The number of hydrogen-bond acceptors (Lipinski definition) is 6. The van der Waals surface area contributed by atoms with E-state index in [-0.39, 0.29) is 29.6 Å². The van der Waals surface area contributed by atoms with Crippen molar-refractivity contribution in [3.8, 4) is 6.07 Å². The first-order chi connectivity index (χ1) is 12.9. The van der Waals surface area contributed by atoms with Crippen LogP contribution in [0.15, 0.2) is 12.3 Å². The summed E-state index contributed by atoms with van der Waals surface area (Å²) in [5, 5.41) is 19.3. The van der Waals surface area contributed by atoms with Gasteiger partial charge in [0, 0.05) is 24.7 Å². The summed E-state index contributed by atoms with van der Waals surface area (Å²) in [5.41, 5.74) is -0.0732. The van der Waals surface area contributed by atoms with Gasteiger partial charge in [0.25, 0.3) is 0 Å². The van der Waals surface area contributed by atoms with Gasteiger partial charge >= 0.3 is 6.18 Å². The molecule has 2 aliphatic rings. The largest absolute Gasteiger partial charge is 0.421 e. The lowest BCUT2D eigenvalue weighted by molar-refractivity contribution is -0.137. The van der Waals surface area contributed by atoms with E-state index >= 15 is 0 Å². The van der Waals surface area contributed by atoms with Crippen molar-refractivity contribution >= 4 is 17.6 Å². The normalized spacial score (nSPS) is 21.6. The third-order valence-corrected chi connectivity index (χ3v) is 4.66. The van der Waals surface area contributed by atoms with Crippen molar-refractivity contribution in [1.29, 1.82) is 5.26 Å². The minimum atomic E-state index is -4.53. The molecule has 0 bridgehead atoms. The summed E-state index contributed by atoms with van der Waals surface area (Å²) in [6, 6.07) is 4.35. The molecule has 2 fully saturated rings. The molecule has 142 valence electrons. The predicted octanol–water partition coefficient (Wildman–Crippen LogP) is 3.83. The molecule has 2 aliphatic carbocycles. The Bertz CT molecular complexity index is 895. The second kappa shape index (κ2) is 6.40. The molecular formula is C17H18F3N7. The minimum absolute atomic E-state index is 0.0110. The molecule has 0 saturated heterocycles. The van der Waals surface area contributed by atoms with E-state index in [0.29, 0.717) is 12.4 Å². The van der Waals surface area contributed by atoms with Gasteiger partial charge in [-0.1, -0.05) is 0 Å². The lowest BCUT2D eigenvalue weighted by Crippen LogP contribution is -2.14. The van der Waals surface area contributed by atoms with E-state index in [9.17, 15) is 13.2 Å². The number of nitriles is 1. The highest BCUT2D eigenvalue weighted by atomic mass is 19.4. The average Bonchev–Trinajstić information content (AvgIpc) is 3.53. The maximum atomic E-state index is 13.1. The van der Waals surface area contributed by atoms with E-state index in [1.54, 1.807) is 6.92 Å². The number of nitrogens with zero attached hydrogens (tertiary/aromatic N) is 5. The average molecular weight is 377 g/mol. The number of aromatic nitrogens is 4. The van der Waals surface area contributed by atoms with Crippen LogP contribution in [0.4, 0.5) is 30.8 Å². The van der Waals surface area contributed by atoms with E-state index in [0.717, 1.165) is 31.2 Å². The van der Waals surface area contributed by atoms with E-state index in [2.05, 4.69) is 31.8 Å². The zero-order valence-electron chi connectivity index (χ0n) is 14.6. The van der Waals surface area contributed by atoms with Crippen molar-refractivity contribution in [2.75, 3.05) is 17.2 Å². The summed E-state index contributed by atoms with van der Waals surface area (Å²) in [5.74, 6) is 0.564. The summed E-state index contributed by atoms with van der Waals surface area (Å²) in [7, 11) is 0. The molecule has 2 aromatic rings. The van der Waals surface area contributed by atoms with Crippen molar-refractivity contribution in [3.05, 3.63) is 23.5 Å². The van der Waals surface area contributed by atoms with Crippen LogP contribution in [-0.2, 0) is 6.18 Å². The molecule has 0 aliphatic heterocycles. The summed E-state index contributed by atoms with van der Waals surface area (Å²) < 4.78 is 41.1. The SMILES string of the molecule is CCNc1nc(Nc2cc([C@H]3C[C@@H]3C#N)nn2C2CC2)ncc1C(F)(F)F. The number of alkyl halides is 3. The van der Waals surface area contributed by atoms with Crippen LogP contribution in [0.2, 0.25) is 0 Å². The van der Waals surface area contributed by atoms with Crippen LogP contribution in [-0.4, -0.2) is 26.3 Å². The van der Waals surface area contributed by atoms with Gasteiger partial charge in [-0.05, 0) is 26.2 Å². The van der Waals surface area contributed by atoms with Crippen LogP contribution in [0, 0.1) is 17.2 Å². The molecule has 2 atom stereocenters. The first-order valence-corrected chi connectivity index (χ1v) is 8.85. The van der Waals surface area contributed by atoms with Gasteiger partial charge in [0.05, 0.1) is 23.7 Å². The van der Waals surface area contributed by atoms with Gasteiger partial charge in [-0.25, -0.2) is 9.67 Å². The van der Waals surface area contributed by atoms with Crippen LogP contribution >= 0.6 is 0 Å². The second-order valence-electron chi connectivity index (χ2n) is 6.82. The summed E-state index contributed by atoms with van der Waals surface area (Å²) in [6.07, 6.45) is -0.966. The highest BCUT2D eigenvalue weighted by molar-refractivity contribution is 5.55. The fourth-order valence-electron chi connectivity index (χ4n) is 3.02. The van der Waals surface area contributed by atoms with Gasteiger partial charge < -0.3 is 10.6 Å². The Morgan fingerprint density at radius 1 is 1.37 bits per heavy atom. The molecule has 2 heterocycles. The third kappa shape index (κ3) is 3.54. The van der Waals surface area contributed by atoms with Gasteiger partial charge in [-0.3, -0.25) is 0 Å². The minimum Gasteiger partial charge on any atom is -0.370 e. The number of halogens is 3. The van der Waals surface area contributed by atoms with E-state index < -0.39 is 11.7 Å². The molecule has 0 unspecified atom stereocenters. The van der Waals surface area contributed by atoms with Crippen LogP contribution in [0.25, 0.3) is 0 Å². The van der Waals surface area contributed by atoms with Gasteiger partial charge in [0.1, 0.15) is 17.2 Å². The molecule has 10 heteroatoms. The van der Waals surface area contributed by atoms with Gasteiger partial charge in [-0.2, -0.15) is 28.5 Å². The first-order valence-electron chi connectivity index (χ1n) is 8.85. The lowest BCUT2D eigenvalue weighted by Gasteiger charge is -2.14. The molecule has 0 aromatic carbocycles. The molecule has 7 nitrogen and oxygen atoms in total. The van der Waals surface area contributed by atoms with Crippen molar-refractivity contribution in [2.24, 2.45) is 5.92 Å². The van der Waals surface area contributed by atoms with Crippen LogP contribution in [0.3, 0.4) is 0 Å². The molecule has 2 N–H and O–H groups in total. The molecule has 27 heavy (non-hydrogen) atoms. The first kappa shape index (κ1) is 17.6. The Balaban J connectivity index is 1.62. The maximum absolute atomic E-state index is 13.1. The Labute approximate surface area is 153 Å². The maximum Gasteiger partial charge on any atom is 0.421 e. The number of rotatable bonds is 6. The second-order valence-corrected chi connectivity index (χ2v) is 6.82. The predicted molar refractivity (Wildman–Crippen MR) is 91.4 cm³/mol. The van der Waals surface area contributed by atoms with Crippen LogP contribution < -0.4 is 10.6 Å². The van der Waals surface area contributed by atoms with Gasteiger partial charge in [0.2, 0.25) is 5.95 Å². The molecule has 0 amide bonds. The molecule has 0 radical (unpaired) electrons. The van der Waals surface area contributed by atoms with Crippen molar-refractivity contribution in [2.45, 2.75) is 44.3 Å². The smallest absolute Gasteiger partial charge is 0.370 e. The Morgan fingerprint density at radius 2 is 2.15 bits per heavy atom. The van der Waals surface area contributed by atoms with E-state index in [1.165, 1.54) is 0 Å². The zero-order valence-corrected chi connectivity index (χ0v) is 14.6. The van der Waals surface area contributed by atoms with Gasteiger partial charge in [-0.15, -0.1) is 0 Å². The quantitative estimate of drug-likeness (QED) is 0.795. The summed E-state index contributed by atoms with van der Waals surface area (Å²) >= 11 is 0. The molecule has 2 saturated carbocycles. The fourth-order valence-corrected chi connectivity index (χ4v) is 3.02. The van der Waals surface area contributed by atoms with Crippen LogP contribution in [0.5, 0.6) is 0 Å². The molecule has 4 rings (SSSR count). The van der Waals surface area contributed by atoms with Crippen LogP contribution in [0.1, 0.15) is 49.4 Å². The fraction of sp³-hybridized carbons (Fsp3) is 0.529. The third-order valence-electron chi connectivity index (χ3n) is 4.66. The monoisotopic (exact) mass is 377 g/mol. The van der Waals surface area contributed by atoms with E-state index in [4.69, 9.17) is 5.26 Å². The highest BCUT2D eigenvalue weighted by Gasteiger charge is 2.42. The molecular weight excluding hydrogens is 359 g/mol. The molecule has 2 aromatic heterocycles. The standard InChI is InChI=1S/C17H18F3N7/c1-2-22-15-12(17(18,19)20)8-23-16(25-15)24-14-6-13(11-5-9(11)7-21)26-27(14)10-3-4-10/h6,8-11H,2-5H2,1H3,(H2,22,23,24,25)/t9-,11+/m1/s1. The van der Waals surface area contributed by atoms with Gasteiger partial charge in [0.15, 0.2) is 0 Å². The Hall–Kier alpha value is -2.83. The van der Waals surface area contributed by atoms with Crippen molar-refractivity contribution in [1.82, 2.24) is 19.7 Å². The Morgan fingerprint density at radius 3 is 2.74 bits per heavy atom.